The fraction of sp³-hybridized carbons (Fsp3) is 0.565. The molecule has 62 heavy (non-hydrogen) atoms. The van der Waals surface area contributed by atoms with Crippen molar-refractivity contribution in [1.82, 2.24) is 30.9 Å². The fourth-order valence-electron chi connectivity index (χ4n) is 7.07. The van der Waals surface area contributed by atoms with Crippen molar-refractivity contribution < 1.29 is 38.2 Å². The molecule has 0 fully saturated rings. The second-order valence-corrected chi connectivity index (χ2v) is 16.2. The van der Waals surface area contributed by atoms with Crippen molar-refractivity contribution >= 4 is 40.9 Å². The number of ketones is 2. The fourth-order valence-corrected chi connectivity index (χ4v) is 7.07. The molecular formula is C46H66N8O8. The zero-order valence-corrected chi connectivity index (χ0v) is 36.9. The van der Waals surface area contributed by atoms with E-state index >= 15 is 0 Å². The molecule has 2 heterocycles. The Balaban J connectivity index is 1.19. The number of Topliss-reactive ketones (excluding diaryl/α,β-unsaturated/α-hetero) is 2. The van der Waals surface area contributed by atoms with Crippen LogP contribution < -0.4 is 26.6 Å². The van der Waals surface area contributed by atoms with Crippen LogP contribution in [0.15, 0.2) is 48.5 Å². The molecule has 1 aliphatic rings. The van der Waals surface area contributed by atoms with Crippen LogP contribution in [0.25, 0.3) is 22.5 Å². The summed E-state index contributed by atoms with van der Waals surface area (Å²) in [5.74, 6) is -1.51. The second kappa shape index (κ2) is 26.2. The van der Waals surface area contributed by atoms with E-state index in [4.69, 9.17) is 15.2 Å². The molecule has 0 saturated heterocycles. The number of nitrogens with two attached hydrogens (primary N) is 1. The molecule has 0 saturated carbocycles. The zero-order valence-electron chi connectivity index (χ0n) is 36.9. The van der Waals surface area contributed by atoms with Gasteiger partial charge >= 0.3 is 0 Å². The van der Waals surface area contributed by atoms with Gasteiger partial charge in [-0.25, -0.2) is 4.68 Å². The van der Waals surface area contributed by atoms with Gasteiger partial charge in [0.05, 0.1) is 37.7 Å². The molecule has 3 aromatic rings. The van der Waals surface area contributed by atoms with Crippen LogP contribution in [-0.2, 0) is 51.3 Å². The standard InChI is InChI=1S/C46H66N8O8/c1-32(2)40(56)19-11-26-54-45-37-16-7-8-18-39(37)53(31-34-13-5-6-15-36(34)44(45)51-52-54)43(59)23-22-41(57)49-24-10-9-17-38(46(47)60)50-42(58)21-20-35(55)14-12-27-61-29-30-62-28-25-48-33(3)4/h5-8,13,15-16,18,32-33,38,48H,9-12,14,17,19-31H2,1-4H3,(H2,47,60)(H,49,57)(H,50,58)/t38-/m0/s1. The van der Waals surface area contributed by atoms with Crippen molar-refractivity contribution in [3.63, 3.8) is 0 Å². The molecular weight excluding hydrogens is 793 g/mol. The lowest BCUT2D eigenvalue weighted by atomic mass is 9.95. The minimum absolute atomic E-state index is 0.0226. The number of nitrogens with one attached hydrogen (secondary N) is 3. The number of amides is 4. The summed E-state index contributed by atoms with van der Waals surface area (Å²) in [7, 11) is 0. The summed E-state index contributed by atoms with van der Waals surface area (Å²) in [6.07, 6.45) is 3.14. The van der Waals surface area contributed by atoms with Crippen LogP contribution >= 0.6 is 0 Å². The lowest BCUT2D eigenvalue weighted by Crippen LogP contribution is -2.44. The number of unbranched alkanes of at least 4 members (excludes halogenated alkanes) is 1. The Labute approximate surface area is 365 Å². The van der Waals surface area contributed by atoms with E-state index < -0.39 is 17.9 Å². The number of rotatable bonds is 29. The first-order valence-corrected chi connectivity index (χ1v) is 22.1. The maximum absolute atomic E-state index is 14.0. The minimum Gasteiger partial charge on any atom is -0.379 e. The third kappa shape index (κ3) is 16.2. The number of hydrogen-bond donors (Lipinski definition) is 4. The molecule has 0 aliphatic carbocycles. The number of ether oxygens (including phenoxy) is 2. The van der Waals surface area contributed by atoms with Crippen molar-refractivity contribution in [2.24, 2.45) is 11.7 Å². The van der Waals surface area contributed by atoms with E-state index in [0.717, 1.165) is 28.9 Å². The molecule has 16 nitrogen and oxygen atoms in total. The molecule has 0 radical (unpaired) electrons. The van der Waals surface area contributed by atoms with Gasteiger partial charge in [0.2, 0.25) is 23.6 Å². The van der Waals surface area contributed by atoms with Gasteiger partial charge in [-0.15, -0.1) is 5.10 Å². The third-order valence-corrected chi connectivity index (χ3v) is 10.6. The number of carbonyl (C=O) groups is 6. The molecule has 5 N–H and O–H groups in total. The molecule has 1 atom stereocenters. The molecule has 0 unspecified atom stereocenters. The Hall–Kier alpha value is -5.32. The predicted octanol–water partition coefficient (Wildman–Crippen LogP) is 4.66. The van der Waals surface area contributed by atoms with Crippen molar-refractivity contribution in [3.8, 4) is 22.5 Å². The smallest absolute Gasteiger partial charge is 0.239 e. The Kier molecular flexibility index (Phi) is 20.9. The number of fused-ring (bicyclic) bond motifs is 5. The van der Waals surface area contributed by atoms with E-state index in [9.17, 15) is 28.8 Å². The van der Waals surface area contributed by atoms with Crippen LogP contribution in [0.2, 0.25) is 0 Å². The monoisotopic (exact) mass is 859 g/mol. The Morgan fingerprint density at radius 1 is 0.742 bits per heavy atom. The highest BCUT2D eigenvalue weighted by Gasteiger charge is 2.29. The molecule has 4 rings (SSSR count). The van der Waals surface area contributed by atoms with Crippen LogP contribution in [0.5, 0.6) is 0 Å². The largest absolute Gasteiger partial charge is 0.379 e. The van der Waals surface area contributed by atoms with Gasteiger partial charge in [-0.2, -0.15) is 0 Å². The van der Waals surface area contributed by atoms with Gasteiger partial charge in [0.25, 0.3) is 0 Å². The molecule has 16 heteroatoms. The number of aromatic nitrogens is 3. The van der Waals surface area contributed by atoms with Crippen molar-refractivity contribution in [2.45, 2.75) is 123 Å². The molecule has 1 aliphatic heterocycles. The van der Waals surface area contributed by atoms with Crippen LogP contribution in [-0.4, -0.2) is 102 Å². The lowest BCUT2D eigenvalue weighted by Gasteiger charge is -2.28. The van der Waals surface area contributed by atoms with Gasteiger partial charge < -0.3 is 36.1 Å². The van der Waals surface area contributed by atoms with E-state index in [1.54, 1.807) is 4.90 Å². The average Bonchev–Trinajstić information content (AvgIpc) is 3.66. The summed E-state index contributed by atoms with van der Waals surface area (Å²) in [5, 5.41) is 17.8. The molecule has 1 aromatic heterocycles. The van der Waals surface area contributed by atoms with Crippen LogP contribution in [0, 0.1) is 5.92 Å². The topological polar surface area (TPSA) is 217 Å². The average molecular weight is 859 g/mol. The van der Waals surface area contributed by atoms with Crippen molar-refractivity contribution in [3.05, 3.63) is 54.1 Å². The highest BCUT2D eigenvalue weighted by molar-refractivity contribution is 6.01. The Morgan fingerprint density at radius 3 is 2.19 bits per heavy atom. The summed E-state index contributed by atoms with van der Waals surface area (Å²) in [4.78, 5) is 77.8. The van der Waals surface area contributed by atoms with Gasteiger partial charge in [0, 0.05) is 87.9 Å². The highest BCUT2D eigenvalue weighted by Crippen LogP contribution is 2.41. The molecule has 338 valence electrons. The summed E-state index contributed by atoms with van der Waals surface area (Å²) in [5.41, 5.74) is 10.3. The molecule has 4 amide bonds. The summed E-state index contributed by atoms with van der Waals surface area (Å²) < 4.78 is 12.8. The van der Waals surface area contributed by atoms with E-state index in [2.05, 4.69) is 40.1 Å². The third-order valence-electron chi connectivity index (χ3n) is 10.6. The van der Waals surface area contributed by atoms with Gasteiger partial charge in [-0.05, 0) is 43.7 Å². The van der Waals surface area contributed by atoms with Gasteiger partial charge in [0.15, 0.2) is 0 Å². The van der Waals surface area contributed by atoms with E-state index in [1.807, 2.05) is 67.1 Å². The first-order valence-electron chi connectivity index (χ1n) is 22.1. The van der Waals surface area contributed by atoms with Crippen molar-refractivity contribution in [1.29, 1.82) is 0 Å². The Bertz CT molecular complexity index is 1950. The lowest BCUT2D eigenvalue weighted by molar-refractivity contribution is -0.129. The van der Waals surface area contributed by atoms with Crippen molar-refractivity contribution in [2.75, 3.05) is 44.4 Å². The highest BCUT2D eigenvalue weighted by atomic mass is 16.5. The minimum atomic E-state index is -0.895. The van der Waals surface area contributed by atoms with E-state index in [0.29, 0.717) is 95.5 Å². The number of carbonyl (C=O) groups excluding carboxylic acids is 6. The number of benzene rings is 2. The number of nitrogens with zero attached hydrogens (tertiary/aromatic N) is 4. The number of para-hydroxylation sites is 1. The van der Waals surface area contributed by atoms with Crippen LogP contribution in [0.4, 0.5) is 5.69 Å². The SMILES string of the molecule is CC(C)NCCOCCOCCCC(=O)CCC(=O)N[C@@H](CCCCNC(=O)CCC(=O)N1Cc2ccccc2-c2nnn(CCCC(=O)C(C)C)c2-c2ccccc21)C(N)=O. The second-order valence-electron chi connectivity index (χ2n) is 16.2. The number of hydrogen-bond acceptors (Lipinski definition) is 11. The predicted molar refractivity (Wildman–Crippen MR) is 237 cm³/mol. The first-order chi connectivity index (χ1) is 29.8. The molecule has 2 aromatic carbocycles. The van der Waals surface area contributed by atoms with Gasteiger partial charge in [-0.1, -0.05) is 75.4 Å². The van der Waals surface area contributed by atoms with Gasteiger partial charge in [-0.3, -0.25) is 28.8 Å². The van der Waals surface area contributed by atoms with Crippen LogP contribution in [0.3, 0.4) is 0 Å². The maximum Gasteiger partial charge on any atom is 0.239 e. The van der Waals surface area contributed by atoms with E-state index in [1.165, 1.54) is 0 Å². The summed E-state index contributed by atoms with van der Waals surface area (Å²) in [6, 6.07) is 14.9. The van der Waals surface area contributed by atoms with E-state index in [-0.39, 0.29) is 67.9 Å². The number of anilines is 1. The van der Waals surface area contributed by atoms with Gasteiger partial charge in [0.1, 0.15) is 23.3 Å². The molecule has 0 bridgehead atoms. The summed E-state index contributed by atoms with van der Waals surface area (Å²) >= 11 is 0. The number of aryl methyl sites for hydroxylation is 1. The zero-order chi connectivity index (χ0) is 44.9. The Morgan fingerprint density at radius 2 is 1.45 bits per heavy atom. The quantitative estimate of drug-likeness (QED) is 0.0704. The maximum atomic E-state index is 14.0. The normalized spacial score (nSPS) is 12.5. The molecule has 0 spiro atoms. The first kappa shape index (κ1) is 49.3. The van der Waals surface area contributed by atoms with Crippen LogP contribution in [0.1, 0.15) is 104 Å². The number of primary amides is 1. The summed E-state index contributed by atoms with van der Waals surface area (Å²) in [6.45, 7) is 11.8.